The summed E-state index contributed by atoms with van der Waals surface area (Å²) < 4.78 is 2.31. The Kier molecular flexibility index (Phi) is 10.9. The minimum Gasteiger partial charge on any atom is -0.310 e. The molecule has 0 N–H and O–H groups in total. The Hall–Kier alpha value is -10.4. The second-order valence-electron chi connectivity index (χ2n) is 16.7. The number of hydrogen-bond acceptors (Lipinski definition) is 7. The molecule has 11 aromatic rings. The molecule has 0 amide bonds. The van der Waals surface area contributed by atoms with Crippen molar-refractivity contribution in [3.63, 3.8) is 0 Å². The predicted octanol–water partition coefficient (Wildman–Crippen LogP) is 14.9. The first-order chi connectivity index (χ1) is 34.5. The highest BCUT2D eigenvalue weighted by atomic mass is 15.1. The first kappa shape index (κ1) is 42.3. The summed E-state index contributed by atoms with van der Waals surface area (Å²) >= 11 is 0. The van der Waals surface area contributed by atoms with E-state index in [0.717, 1.165) is 61.2 Å². The normalized spacial score (nSPS) is 10.8. The van der Waals surface area contributed by atoms with E-state index in [1.54, 1.807) is 54.6 Å². The summed E-state index contributed by atoms with van der Waals surface area (Å²) in [5.41, 5.74) is 14.2. The van der Waals surface area contributed by atoms with E-state index >= 15 is 0 Å². The van der Waals surface area contributed by atoms with Crippen LogP contribution >= 0.6 is 0 Å². The van der Waals surface area contributed by atoms with E-state index in [9.17, 15) is 21.0 Å². The summed E-state index contributed by atoms with van der Waals surface area (Å²) in [5, 5.41) is 42.8. The van der Waals surface area contributed by atoms with Crippen molar-refractivity contribution in [3.8, 4) is 86.1 Å². The molecule has 2 heterocycles. The molecular formula is C62H36N8. The third-order valence-corrected chi connectivity index (χ3v) is 12.5. The highest BCUT2D eigenvalue weighted by molar-refractivity contribution is 6.10. The SMILES string of the molecule is N#Cc1cccc(-c2cc(-c3cc(C#N)c(-c4ccc(-c5ccc(-n6c7ccccc7c7cc(N(c8ccccc8)c8ccccc8)ccc76)cc5)cc4)c(C#N)c3)nc(-c3cccc(C#N)c3)n2)c1. The van der Waals surface area contributed by atoms with Crippen molar-refractivity contribution in [2.45, 2.75) is 0 Å². The number of aromatic nitrogens is 3. The van der Waals surface area contributed by atoms with Crippen LogP contribution in [0.3, 0.4) is 0 Å². The van der Waals surface area contributed by atoms with Gasteiger partial charge >= 0.3 is 0 Å². The highest BCUT2D eigenvalue weighted by Crippen LogP contribution is 2.41. The Morgan fingerprint density at radius 2 is 0.886 bits per heavy atom. The number of benzene rings is 9. The largest absolute Gasteiger partial charge is 0.310 e. The molecule has 2 aromatic heterocycles. The van der Waals surface area contributed by atoms with Crippen LogP contribution in [0.1, 0.15) is 22.3 Å². The number of anilines is 3. The van der Waals surface area contributed by atoms with Gasteiger partial charge in [0.25, 0.3) is 0 Å². The Morgan fingerprint density at radius 1 is 0.357 bits per heavy atom. The molecule has 8 nitrogen and oxygen atoms in total. The maximum Gasteiger partial charge on any atom is 0.160 e. The number of para-hydroxylation sites is 3. The third kappa shape index (κ3) is 7.83. The van der Waals surface area contributed by atoms with Crippen LogP contribution in [0.25, 0.3) is 83.6 Å². The fourth-order valence-electron chi connectivity index (χ4n) is 9.24. The Balaban J connectivity index is 0.924. The lowest BCUT2D eigenvalue weighted by Gasteiger charge is -2.25. The van der Waals surface area contributed by atoms with Crippen molar-refractivity contribution in [3.05, 3.63) is 241 Å². The van der Waals surface area contributed by atoms with E-state index in [2.05, 4.69) is 149 Å². The lowest BCUT2D eigenvalue weighted by Crippen LogP contribution is -2.09. The topological polar surface area (TPSA) is 129 Å². The van der Waals surface area contributed by atoms with Crippen molar-refractivity contribution in [2.24, 2.45) is 0 Å². The quantitative estimate of drug-likeness (QED) is 0.141. The van der Waals surface area contributed by atoms with E-state index in [0.29, 0.717) is 61.7 Å². The van der Waals surface area contributed by atoms with Gasteiger partial charge in [-0.15, -0.1) is 0 Å². The predicted molar refractivity (Wildman–Crippen MR) is 277 cm³/mol. The van der Waals surface area contributed by atoms with Crippen molar-refractivity contribution in [1.29, 1.82) is 21.0 Å². The van der Waals surface area contributed by atoms with Gasteiger partial charge in [-0.05, 0) is 120 Å². The number of nitriles is 4. The zero-order valence-electron chi connectivity index (χ0n) is 37.4. The fraction of sp³-hybridized carbons (Fsp3) is 0. The van der Waals surface area contributed by atoms with Gasteiger partial charge in [0.15, 0.2) is 5.82 Å². The first-order valence-electron chi connectivity index (χ1n) is 22.5. The summed E-state index contributed by atoms with van der Waals surface area (Å²) in [7, 11) is 0. The monoisotopic (exact) mass is 892 g/mol. The average Bonchev–Trinajstić information content (AvgIpc) is 3.77. The molecule has 0 aliphatic rings. The minimum atomic E-state index is 0.317. The second-order valence-corrected chi connectivity index (χ2v) is 16.7. The molecule has 0 saturated carbocycles. The van der Waals surface area contributed by atoms with Crippen LogP contribution in [0.15, 0.2) is 218 Å². The Labute approximate surface area is 404 Å². The molecular weight excluding hydrogens is 857 g/mol. The highest BCUT2D eigenvalue weighted by Gasteiger charge is 2.20. The van der Waals surface area contributed by atoms with E-state index in [1.165, 1.54) is 0 Å². The van der Waals surface area contributed by atoms with Crippen molar-refractivity contribution < 1.29 is 0 Å². The van der Waals surface area contributed by atoms with Gasteiger partial charge in [-0.25, -0.2) is 9.97 Å². The molecule has 9 aromatic carbocycles. The number of hydrogen-bond donors (Lipinski definition) is 0. The van der Waals surface area contributed by atoms with Crippen molar-refractivity contribution in [1.82, 2.24) is 14.5 Å². The van der Waals surface area contributed by atoms with E-state index in [-0.39, 0.29) is 0 Å². The summed E-state index contributed by atoms with van der Waals surface area (Å²) in [6, 6.07) is 81.0. The molecule has 0 radical (unpaired) electrons. The van der Waals surface area contributed by atoms with Gasteiger partial charge in [0.1, 0.15) is 0 Å². The van der Waals surface area contributed by atoms with Crippen molar-refractivity contribution in [2.75, 3.05) is 4.90 Å². The van der Waals surface area contributed by atoms with Gasteiger partial charge in [-0.1, -0.05) is 115 Å². The molecule has 0 fully saturated rings. The van der Waals surface area contributed by atoms with Crippen LogP contribution in [-0.4, -0.2) is 14.5 Å². The van der Waals surface area contributed by atoms with E-state index < -0.39 is 0 Å². The van der Waals surface area contributed by atoms with Gasteiger partial charge in [-0.2, -0.15) is 21.0 Å². The van der Waals surface area contributed by atoms with E-state index in [1.807, 2.05) is 48.5 Å². The third-order valence-electron chi connectivity index (χ3n) is 12.5. The molecule has 0 atom stereocenters. The van der Waals surface area contributed by atoms with Gasteiger partial charge in [0, 0.05) is 55.8 Å². The first-order valence-corrected chi connectivity index (χ1v) is 22.5. The zero-order chi connectivity index (χ0) is 47.6. The van der Waals surface area contributed by atoms with Crippen LogP contribution in [0.5, 0.6) is 0 Å². The minimum absolute atomic E-state index is 0.317. The maximum absolute atomic E-state index is 10.6. The summed E-state index contributed by atoms with van der Waals surface area (Å²) in [6.07, 6.45) is 0. The number of rotatable bonds is 9. The van der Waals surface area contributed by atoms with Gasteiger partial charge in [0.05, 0.1) is 69.0 Å². The number of nitrogens with zero attached hydrogens (tertiary/aromatic N) is 8. The van der Waals surface area contributed by atoms with Gasteiger partial charge in [-0.3, -0.25) is 0 Å². The van der Waals surface area contributed by atoms with Gasteiger partial charge < -0.3 is 9.47 Å². The number of fused-ring (bicyclic) bond motifs is 3. The Morgan fingerprint density at radius 3 is 1.50 bits per heavy atom. The molecule has 8 heteroatoms. The van der Waals surface area contributed by atoms with Crippen LogP contribution in [0, 0.1) is 45.3 Å². The molecule has 11 rings (SSSR count). The lowest BCUT2D eigenvalue weighted by molar-refractivity contribution is 1.18. The molecule has 0 saturated heterocycles. The molecule has 0 aliphatic heterocycles. The Bertz CT molecular complexity index is 3830. The van der Waals surface area contributed by atoms with Crippen LogP contribution in [0.2, 0.25) is 0 Å². The molecule has 0 bridgehead atoms. The van der Waals surface area contributed by atoms with E-state index in [4.69, 9.17) is 9.97 Å². The summed E-state index contributed by atoms with van der Waals surface area (Å²) in [5.74, 6) is 0.357. The standard InChI is InChI=1S/C62H36N8/c63-37-41-11-9-13-46(31-41)57-36-58(68-62(67-57)47-14-10-12-42(32-47)38-64)48-33-49(39-65)61(50(34-48)40-66)45-23-21-43(22-24-45)44-25-27-53(28-26-44)70-59-20-8-7-19-55(59)56-35-54(29-30-60(56)70)69(51-15-3-1-4-16-51)52-17-5-2-6-18-52/h1-36H. The average molecular weight is 893 g/mol. The van der Waals surface area contributed by atoms with Crippen LogP contribution < -0.4 is 4.90 Å². The molecule has 324 valence electrons. The second kappa shape index (κ2) is 18.1. The van der Waals surface area contributed by atoms with Crippen LogP contribution in [0.4, 0.5) is 17.1 Å². The summed E-state index contributed by atoms with van der Waals surface area (Å²) in [4.78, 5) is 12.0. The lowest BCUT2D eigenvalue weighted by atomic mass is 9.91. The zero-order valence-corrected chi connectivity index (χ0v) is 37.4. The van der Waals surface area contributed by atoms with Crippen LogP contribution in [-0.2, 0) is 0 Å². The smallest absolute Gasteiger partial charge is 0.160 e. The summed E-state index contributed by atoms with van der Waals surface area (Å²) in [6.45, 7) is 0. The fourth-order valence-corrected chi connectivity index (χ4v) is 9.24. The van der Waals surface area contributed by atoms with Crippen molar-refractivity contribution >= 4 is 38.9 Å². The molecule has 0 aliphatic carbocycles. The maximum atomic E-state index is 10.6. The molecule has 0 unspecified atom stereocenters. The van der Waals surface area contributed by atoms with Gasteiger partial charge in [0.2, 0.25) is 0 Å². The molecule has 0 spiro atoms. The molecule has 70 heavy (non-hydrogen) atoms.